The SMILES string of the molecule is [2H]Oc1ccc(/C=C/C(=N/OCCN(C)C)c2ccccc2F)cc1. The van der Waals surface area contributed by atoms with Gasteiger partial charge in [-0.3, -0.25) is 0 Å². The molecule has 0 fully saturated rings. The van der Waals surface area contributed by atoms with E-state index < -0.39 is 0 Å². The van der Waals surface area contributed by atoms with E-state index in [0.717, 1.165) is 5.56 Å². The normalized spacial score (nSPS) is 12.5. The second-order valence-electron chi connectivity index (χ2n) is 5.50. The molecule has 126 valence electrons. The van der Waals surface area contributed by atoms with Crippen molar-refractivity contribution in [1.29, 1.82) is 1.43 Å². The molecular weight excluding hydrogens is 307 g/mol. The van der Waals surface area contributed by atoms with Crippen molar-refractivity contribution in [2.24, 2.45) is 5.16 Å². The van der Waals surface area contributed by atoms with Crippen LogP contribution in [-0.4, -0.2) is 44.4 Å². The van der Waals surface area contributed by atoms with Gasteiger partial charge in [-0.05, 0) is 50.0 Å². The number of oxime groups is 1. The average molecular weight is 329 g/mol. The zero-order chi connectivity index (χ0) is 18.1. The Morgan fingerprint density at radius 2 is 2.00 bits per heavy atom. The molecule has 0 spiro atoms. The van der Waals surface area contributed by atoms with Crippen molar-refractivity contribution in [2.45, 2.75) is 0 Å². The summed E-state index contributed by atoms with van der Waals surface area (Å²) in [4.78, 5) is 7.30. The molecule has 1 N–H and O–H groups in total. The Labute approximate surface area is 143 Å². The summed E-state index contributed by atoms with van der Waals surface area (Å²) in [7, 11) is 3.88. The summed E-state index contributed by atoms with van der Waals surface area (Å²) >= 11 is 0. The minimum Gasteiger partial charge on any atom is -0.508 e. The molecule has 0 aromatic heterocycles. The average Bonchev–Trinajstić information content (AvgIpc) is 2.62. The van der Waals surface area contributed by atoms with Crippen molar-refractivity contribution in [3.63, 3.8) is 0 Å². The molecule has 0 atom stereocenters. The fourth-order valence-electron chi connectivity index (χ4n) is 1.93. The zero-order valence-corrected chi connectivity index (χ0v) is 13.8. The number of phenols is 1. The highest BCUT2D eigenvalue weighted by Gasteiger charge is 2.07. The molecule has 0 bridgehead atoms. The van der Waals surface area contributed by atoms with Gasteiger partial charge in [0.15, 0.2) is 0 Å². The molecule has 4 nitrogen and oxygen atoms in total. The summed E-state index contributed by atoms with van der Waals surface area (Å²) in [6.07, 6.45) is 3.50. The fourth-order valence-corrected chi connectivity index (χ4v) is 1.93. The maximum Gasteiger partial charge on any atom is 0.293 e. The van der Waals surface area contributed by atoms with Crippen LogP contribution in [0.25, 0.3) is 6.08 Å². The number of rotatable bonds is 8. The van der Waals surface area contributed by atoms with Gasteiger partial charge < -0.3 is 14.8 Å². The fraction of sp³-hybridized carbons (Fsp3) is 0.211. The van der Waals surface area contributed by atoms with Crippen LogP contribution in [0.15, 0.2) is 59.8 Å². The van der Waals surface area contributed by atoms with E-state index in [4.69, 9.17) is 6.27 Å². The van der Waals surface area contributed by atoms with Gasteiger partial charge in [0.25, 0.3) is 1.43 Å². The van der Waals surface area contributed by atoms with Gasteiger partial charge in [0.2, 0.25) is 0 Å². The lowest BCUT2D eigenvalue weighted by molar-refractivity contribution is 0.126. The van der Waals surface area contributed by atoms with E-state index in [1.807, 2.05) is 19.0 Å². The second-order valence-corrected chi connectivity index (χ2v) is 5.50. The molecule has 5 heteroatoms. The van der Waals surface area contributed by atoms with Crippen molar-refractivity contribution >= 4 is 11.8 Å². The minimum atomic E-state index is -0.361. The van der Waals surface area contributed by atoms with Gasteiger partial charge in [-0.25, -0.2) is 4.39 Å². The van der Waals surface area contributed by atoms with Crippen LogP contribution < -0.4 is 0 Å². The predicted octanol–water partition coefficient (Wildman–Crippen LogP) is 3.53. The van der Waals surface area contributed by atoms with E-state index in [-0.39, 0.29) is 5.82 Å². The molecule has 0 saturated heterocycles. The number of nitrogens with zero attached hydrogens (tertiary/aromatic N) is 2. The van der Waals surface area contributed by atoms with Crippen molar-refractivity contribution in [3.05, 3.63) is 71.6 Å². The monoisotopic (exact) mass is 329 g/mol. The van der Waals surface area contributed by atoms with Gasteiger partial charge in [0, 0.05) is 12.1 Å². The summed E-state index contributed by atoms with van der Waals surface area (Å²) < 4.78 is 20.9. The number of hydrogen-bond donors (Lipinski definition) is 1. The smallest absolute Gasteiger partial charge is 0.293 e. The first kappa shape index (κ1) is 16.2. The molecule has 0 aliphatic rings. The van der Waals surface area contributed by atoms with Crippen LogP contribution in [0.3, 0.4) is 0 Å². The first-order chi connectivity index (χ1) is 12.1. The quantitative estimate of drug-likeness (QED) is 0.458. The van der Waals surface area contributed by atoms with Gasteiger partial charge in [0.1, 0.15) is 23.9 Å². The van der Waals surface area contributed by atoms with Gasteiger partial charge in [-0.2, -0.15) is 0 Å². The van der Waals surface area contributed by atoms with Crippen LogP contribution in [0, 0.1) is 5.82 Å². The lowest BCUT2D eigenvalue weighted by Crippen LogP contribution is -2.17. The third-order valence-electron chi connectivity index (χ3n) is 3.26. The highest BCUT2D eigenvalue weighted by molar-refractivity contribution is 6.10. The van der Waals surface area contributed by atoms with Crippen molar-refractivity contribution < 1.29 is 14.3 Å². The lowest BCUT2D eigenvalue weighted by Gasteiger charge is -2.08. The number of halogens is 1. The van der Waals surface area contributed by atoms with E-state index in [1.54, 1.807) is 54.6 Å². The molecule has 0 aliphatic carbocycles. The number of benzene rings is 2. The highest BCUT2D eigenvalue weighted by atomic mass is 19.1. The Bertz CT molecular complexity index is 730. The predicted molar refractivity (Wildman–Crippen MR) is 94.6 cm³/mol. The molecule has 0 aliphatic heterocycles. The molecule has 2 aromatic rings. The second kappa shape index (κ2) is 8.84. The lowest BCUT2D eigenvalue weighted by atomic mass is 10.1. The van der Waals surface area contributed by atoms with Crippen LogP contribution >= 0.6 is 0 Å². The first-order valence-electron chi connectivity index (χ1n) is 8.02. The van der Waals surface area contributed by atoms with E-state index >= 15 is 0 Å². The van der Waals surface area contributed by atoms with E-state index in [2.05, 4.69) is 10.3 Å². The number of hydrogen-bond acceptors (Lipinski definition) is 4. The summed E-state index contributed by atoms with van der Waals surface area (Å²) in [6.45, 7) is 1.13. The Balaban J connectivity index is 2.19. The van der Waals surface area contributed by atoms with Gasteiger partial charge in [-0.1, -0.05) is 35.5 Å². The van der Waals surface area contributed by atoms with Gasteiger partial charge in [0.05, 0.1) is 0 Å². The standard InChI is InChI=1S/C19H21FN2O2/c1-22(2)13-14-24-21-19(17-5-3-4-6-18(17)20)12-9-15-7-10-16(23)11-8-15/h3-12,23H,13-14H2,1-2H3/b12-9+,21-19-/i/hD. The molecule has 0 radical (unpaired) electrons. The molecule has 2 aromatic carbocycles. The number of phenolic OH excluding ortho intramolecular Hbond substituents is 1. The molecule has 0 unspecified atom stereocenters. The van der Waals surface area contributed by atoms with Gasteiger partial charge in [-0.15, -0.1) is 0 Å². The van der Waals surface area contributed by atoms with E-state index in [0.29, 0.717) is 30.2 Å². The number of likely N-dealkylation sites (N-methyl/N-ethyl adjacent to an activating group) is 1. The number of aromatic hydroxyl groups is 1. The van der Waals surface area contributed by atoms with Crippen LogP contribution in [0.5, 0.6) is 5.75 Å². The summed E-state index contributed by atoms with van der Waals surface area (Å²) in [6, 6.07) is 13.4. The maximum absolute atomic E-state index is 14.1. The van der Waals surface area contributed by atoms with Crippen LogP contribution in [0.1, 0.15) is 11.1 Å². The van der Waals surface area contributed by atoms with E-state index in [1.165, 1.54) is 6.07 Å². The number of allylic oxidation sites excluding steroid dienone is 1. The summed E-state index contributed by atoms with van der Waals surface area (Å²) in [5.41, 5.74) is 1.64. The highest BCUT2D eigenvalue weighted by Crippen LogP contribution is 2.13. The van der Waals surface area contributed by atoms with Gasteiger partial charge >= 0.3 is 0 Å². The summed E-state index contributed by atoms with van der Waals surface area (Å²) in [5.74, 6) is 0.0900. The third-order valence-corrected chi connectivity index (χ3v) is 3.26. The minimum absolute atomic E-state index is 0.361. The molecule has 2 rings (SSSR count). The van der Waals surface area contributed by atoms with Crippen LogP contribution in [0.4, 0.5) is 4.39 Å². The van der Waals surface area contributed by atoms with Crippen LogP contribution in [-0.2, 0) is 4.84 Å². The van der Waals surface area contributed by atoms with Crippen molar-refractivity contribution in [1.82, 2.24) is 4.90 Å². The molecule has 24 heavy (non-hydrogen) atoms. The third kappa shape index (κ3) is 5.52. The van der Waals surface area contributed by atoms with Crippen molar-refractivity contribution in [2.75, 3.05) is 27.2 Å². The van der Waals surface area contributed by atoms with E-state index in [9.17, 15) is 4.39 Å². The topological polar surface area (TPSA) is 45.1 Å². The molecular formula is C19H21FN2O2. The maximum atomic E-state index is 14.1. The Morgan fingerprint density at radius 1 is 1.25 bits per heavy atom. The molecule has 0 saturated carbocycles. The Morgan fingerprint density at radius 3 is 2.67 bits per heavy atom. The van der Waals surface area contributed by atoms with Crippen LogP contribution in [0.2, 0.25) is 0 Å². The first-order valence-corrected chi connectivity index (χ1v) is 7.61. The van der Waals surface area contributed by atoms with Crippen molar-refractivity contribution in [3.8, 4) is 5.75 Å². The zero-order valence-electron chi connectivity index (χ0n) is 14.8. The Hall–Kier alpha value is -2.66. The molecule has 0 amide bonds. The summed E-state index contributed by atoms with van der Waals surface area (Å²) in [5, 5.41) is 8.48. The largest absolute Gasteiger partial charge is 0.508 e. The molecule has 0 heterocycles. The Kier molecular flexibility index (Phi) is 5.97.